The van der Waals surface area contributed by atoms with Crippen LogP contribution in [0.1, 0.15) is 56.7 Å². The summed E-state index contributed by atoms with van der Waals surface area (Å²) in [5.74, 6) is -1.95. The summed E-state index contributed by atoms with van der Waals surface area (Å²) in [5.41, 5.74) is 3.13. The molecule has 2 unspecified atom stereocenters. The lowest BCUT2D eigenvalue weighted by Crippen LogP contribution is -2.32. The fraction of sp³-hybridized carbons (Fsp3) is 0.667. The third-order valence-corrected chi connectivity index (χ3v) is 5.78. The smallest absolute Gasteiger partial charge is 0.248 e. The molecule has 3 heterocycles. The van der Waals surface area contributed by atoms with Crippen LogP contribution >= 0.6 is 0 Å². The van der Waals surface area contributed by atoms with Gasteiger partial charge in [0.25, 0.3) is 0 Å². The van der Waals surface area contributed by atoms with Gasteiger partial charge in [0.1, 0.15) is 0 Å². The molecule has 0 spiro atoms. The molecule has 0 bridgehead atoms. The summed E-state index contributed by atoms with van der Waals surface area (Å²) in [5, 5.41) is 10.7. The molecule has 2 aliphatic heterocycles. The molecular formula is C18H23F2N3O2. The number of ether oxygens (including phenoxy) is 1. The van der Waals surface area contributed by atoms with E-state index in [0.29, 0.717) is 25.2 Å². The predicted octanol–water partition coefficient (Wildman–Crippen LogP) is 3.56. The van der Waals surface area contributed by atoms with Crippen LogP contribution in [-0.4, -0.2) is 39.7 Å². The number of methoxy groups -OCH3 is 1. The number of nitrogens with zero attached hydrogens (tertiary/aromatic N) is 3. The van der Waals surface area contributed by atoms with Gasteiger partial charge in [-0.3, -0.25) is 0 Å². The number of alkyl halides is 2. The second-order valence-electron chi connectivity index (χ2n) is 7.27. The predicted molar refractivity (Wildman–Crippen MR) is 89.4 cm³/mol. The second kappa shape index (κ2) is 6.20. The maximum absolute atomic E-state index is 13.4. The summed E-state index contributed by atoms with van der Waals surface area (Å²) in [6.07, 6.45) is 5.53. The molecule has 4 rings (SSSR count). The molecule has 1 fully saturated rings. The molecular weight excluding hydrogens is 328 g/mol. The molecule has 0 saturated heterocycles. The van der Waals surface area contributed by atoms with Gasteiger partial charge in [0.05, 0.1) is 43.2 Å². The minimum Gasteiger partial charge on any atom is -0.484 e. The molecule has 5 nitrogen and oxygen atoms in total. The molecule has 0 radical (unpaired) electrons. The Morgan fingerprint density at radius 3 is 2.84 bits per heavy atom. The van der Waals surface area contributed by atoms with Gasteiger partial charge in [-0.05, 0) is 25.2 Å². The first-order chi connectivity index (χ1) is 12.0. The number of imidazole rings is 1. The lowest BCUT2D eigenvalue weighted by molar-refractivity contribution is -0.0639. The van der Waals surface area contributed by atoms with Crippen LogP contribution in [0.15, 0.2) is 23.2 Å². The number of fused-ring (bicyclic) bond motifs is 2. The van der Waals surface area contributed by atoms with E-state index >= 15 is 0 Å². The number of halogens is 2. The normalized spacial score (nSPS) is 26.9. The van der Waals surface area contributed by atoms with Crippen LogP contribution in [0.5, 0.6) is 0 Å². The van der Waals surface area contributed by atoms with E-state index in [1.807, 2.05) is 10.8 Å². The zero-order valence-electron chi connectivity index (χ0n) is 14.3. The van der Waals surface area contributed by atoms with Crippen LogP contribution in [0.25, 0.3) is 5.57 Å². The SMILES string of the molecule is COC1=NC2=C(CC1)c1cncn1C2CC(O)C1CCC(F)(F)CC1. The number of aliphatic imine (C=N–C) groups is 1. The van der Waals surface area contributed by atoms with Crippen LogP contribution in [0.2, 0.25) is 0 Å². The van der Waals surface area contributed by atoms with Gasteiger partial charge in [-0.15, -0.1) is 0 Å². The molecule has 2 atom stereocenters. The first-order valence-corrected chi connectivity index (χ1v) is 8.91. The number of hydrogen-bond donors (Lipinski definition) is 1. The van der Waals surface area contributed by atoms with Gasteiger partial charge in [0.15, 0.2) is 5.90 Å². The molecule has 3 aliphatic rings. The van der Waals surface area contributed by atoms with Crippen molar-refractivity contribution in [2.24, 2.45) is 10.9 Å². The standard InChI is InChI=1S/C18H23F2N3O2/c1-25-16-3-2-12-14-9-21-10-23(14)13(17(12)22-16)8-15(24)11-4-6-18(19,20)7-5-11/h9-11,13,15,24H,2-8H2,1H3. The van der Waals surface area contributed by atoms with Crippen molar-refractivity contribution in [3.8, 4) is 0 Å². The Hall–Kier alpha value is -1.76. The van der Waals surface area contributed by atoms with E-state index in [9.17, 15) is 13.9 Å². The Labute approximate surface area is 145 Å². The summed E-state index contributed by atoms with van der Waals surface area (Å²) in [4.78, 5) is 8.88. The van der Waals surface area contributed by atoms with Gasteiger partial charge in [0, 0.05) is 31.3 Å². The molecule has 25 heavy (non-hydrogen) atoms. The zero-order chi connectivity index (χ0) is 17.6. The number of hydrogen-bond acceptors (Lipinski definition) is 4. The van der Waals surface area contributed by atoms with Gasteiger partial charge >= 0.3 is 0 Å². The van der Waals surface area contributed by atoms with Gasteiger partial charge in [-0.2, -0.15) is 0 Å². The molecule has 7 heteroatoms. The third kappa shape index (κ3) is 2.99. The molecule has 1 saturated carbocycles. The minimum absolute atomic E-state index is 0.0780. The summed E-state index contributed by atoms with van der Waals surface area (Å²) in [6, 6.07) is -0.101. The van der Waals surface area contributed by atoms with Crippen LogP contribution in [0, 0.1) is 5.92 Å². The van der Waals surface area contributed by atoms with E-state index in [4.69, 9.17) is 4.74 Å². The lowest BCUT2D eigenvalue weighted by atomic mass is 9.81. The summed E-state index contributed by atoms with van der Waals surface area (Å²) >= 11 is 0. The van der Waals surface area contributed by atoms with E-state index < -0.39 is 12.0 Å². The number of aliphatic hydroxyl groups is 1. The summed E-state index contributed by atoms with van der Waals surface area (Å²) in [6.45, 7) is 0. The Morgan fingerprint density at radius 1 is 1.36 bits per heavy atom. The largest absolute Gasteiger partial charge is 0.484 e. The highest BCUT2D eigenvalue weighted by molar-refractivity contribution is 5.86. The highest BCUT2D eigenvalue weighted by Gasteiger charge is 2.40. The maximum Gasteiger partial charge on any atom is 0.248 e. The highest BCUT2D eigenvalue weighted by Crippen LogP contribution is 2.45. The van der Waals surface area contributed by atoms with Gasteiger partial charge in [-0.1, -0.05) is 0 Å². The zero-order valence-corrected chi connectivity index (χ0v) is 14.3. The van der Waals surface area contributed by atoms with E-state index in [-0.39, 0.29) is 24.8 Å². The monoisotopic (exact) mass is 351 g/mol. The van der Waals surface area contributed by atoms with Crippen molar-refractivity contribution in [1.82, 2.24) is 9.55 Å². The molecule has 136 valence electrons. The quantitative estimate of drug-likeness (QED) is 0.906. The summed E-state index contributed by atoms with van der Waals surface area (Å²) < 4.78 is 34.1. The molecule has 0 amide bonds. The number of aliphatic hydroxyl groups excluding tert-OH is 1. The van der Waals surface area contributed by atoms with Crippen molar-refractivity contribution in [3.63, 3.8) is 0 Å². The minimum atomic E-state index is -2.57. The Bertz CT molecular complexity index is 716. The van der Waals surface area contributed by atoms with Gasteiger partial charge in [-0.25, -0.2) is 18.8 Å². The van der Waals surface area contributed by atoms with Crippen molar-refractivity contribution in [2.75, 3.05) is 7.11 Å². The van der Waals surface area contributed by atoms with Gasteiger partial charge < -0.3 is 14.4 Å². The van der Waals surface area contributed by atoms with Crippen molar-refractivity contribution in [1.29, 1.82) is 0 Å². The fourth-order valence-corrected chi connectivity index (χ4v) is 4.31. The Morgan fingerprint density at radius 2 is 2.12 bits per heavy atom. The van der Waals surface area contributed by atoms with Crippen molar-refractivity contribution < 1.29 is 18.6 Å². The maximum atomic E-state index is 13.4. The van der Waals surface area contributed by atoms with E-state index in [1.54, 1.807) is 13.4 Å². The lowest BCUT2D eigenvalue weighted by Gasteiger charge is -2.32. The average Bonchev–Trinajstić information content (AvgIpc) is 3.17. The molecule has 1 aliphatic carbocycles. The van der Waals surface area contributed by atoms with E-state index in [0.717, 1.165) is 29.8 Å². The Kier molecular flexibility index (Phi) is 4.14. The Balaban J connectivity index is 1.53. The molecule has 1 aromatic rings. The van der Waals surface area contributed by atoms with E-state index in [1.165, 1.54) is 0 Å². The fourth-order valence-electron chi connectivity index (χ4n) is 4.31. The molecule has 1 N–H and O–H groups in total. The second-order valence-corrected chi connectivity index (χ2v) is 7.27. The van der Waals surface area contributed by atoms with Crippen LogP contribution in [-0.2, 0) is 4.74 Å². The molecule has 1 aromatic heterocycles. The van der Waals surface area contributed by atoms with Crippen molar-refractivity contribution >= 4 is 11.5 Å². The first-order valence-electron chi connectivity index (χ1n) is 8.91. The summed E-state index contributed by atoms with van der Waals surface area (Å²) in [7, 11) is 1.62. The van der Waals surface area contributed by atoms with Crippen molar-refractivity contribution in [3.05, 3.63) is 23.9 Å². The number of allylic oxidation sites excluding steroid dienone is 2. The third-order valence-electron chi connectivity index (χ3n) is 5.78. The van der Waals surface area contributed by atoms with Crippen LogP contribution in [0.3, 0.4) is 0 Å². The average molecular weight is 351 g/mol. The highest BCUT2D eigenvalue weighted by atomic mass is 19.3. The first kappa shape index (κ1) is 16.7. The molecule has 0 aromatic carbocycles. The van der Waals surface area contributed by atoms with Gasteiger partial charge in [0.2, 0.25) is 5.92 Å². The van der Waals surface area contributed by atoms with Crippen LogP contribution in [0.4, 0.5) is 8.78 Å². The van der Waals surface area contributed by atoms with Crippen molar-refractivity contribution in [2.45, 2.75) is 63.0 Å². The topological polar surface area (TPSA) is 59.6 Å². The number of rotatable bonds is 3. The van der Waals surface area contributed by atoms with E-state index in [2.05, 4.69) is 9.98 Å². The number of aromatic nitrogens is 2. The van der Waals surface area contributed by atoms with Crippen LogP contribution < -0.4 is 0 Å².